The number of benzene rings is 1. The highest BCUT2D eigenvalue weighted by Crippen LogP contribution is 2.22. The summed E-state index contributed by atoms with van der Waals surface area (Å²) in [5, 5.41) is 0. The maximum atomic E-state index is 13.1. The molecule has 1 rings (SSSR count). The molecule has 13 heavy (non-hydrogen) atoms. The maximum Gasteiger partial charge on any atom is 0.138 e. The van der Waals surface area contributed by atoms with E-state index in [1.54, 1.807) is 19.1 Å². The Balaban J connectivity index is 2.70. The summed E-state index contributed by atoms with van der Waals surface area (Å²) in [5.74, 6) is 5.94. The Labute approximate surface area is 81.5 Å². The summed E-state index contributed by atoms with van der Waals surface area (Å²) in [4.78, 5) is 0.594. The lowest BCUT2D eigenvalue weighted by Crippen LogP contribution is -1.88. The first-order chi connectivity index (χ1) is 6.24. The molecule has 0 aliphatic heterocycles. The van der Waals surface area contributed by atoms with Crippen molar-refractivity contribution in [3.05, 3.63) is 24.0 Å². The third-order valence-electron chi connectivity index (χ3n) is 1.43. The predicted molar refractivity (Wildman–Crippen MR) is 55.0 cm³/mol. The zero-order valence-corrected chi connectivity index (χ0v) is 8.12. The zero-order valence-electron chi connectivity index (χ0n) is 7.30. The van der Waals surface area contributed by atoms with Crippen LogP contribution in [0.25, 0.3) is 0 Å². The van der Waals surface area contributed by atoms with Gasteiger partial charge in [0, 0.05) is 10.6 Å². The number of hydrogen-bond acceptors (Lipinski definition) is 2. The average molecular weight is 195 g/mol. The highest BCUT2D eigenvalue weighted by molar-refractivity contribution is 7.99. The van der Waals surface area contributed by atoms with Crippen molar-refractivity contribution < 1.29 is 4.39 Å². The highest BCUT2D eigenvalue weighted by atomic mass is 32.2. The molecular formula is C10H10FNS. The van der Waals surface area contributed by atoms with Crippen molar-refractivity contribution in [2.45, 2.75) is 11.8 Å². The number of halogens is 1. The van der Waals surface area contributed by atoms with Gasteiger partial charge in [-0.3, -0.25) is 0 Å². The van der Waals surface area contributed by atoms with Crippen molar-refractivity contribution in [3.8, 4) is 11.8 Å². The van der Waals surface area contributed by atoms with Crippen LogP contribution >= 0.6 is 11.8 Å². The molecule has 1 nitrogen and oxygen atoms in total. The van der Waals surface area contributed by atoms with Gasteiger partial charge in [0.1, 0.15) is 5.82 Å². The first kappa shape index (κ1) is 9.94. The predicted octanol–water partition coefficient (Wildman–Crippen LogP) is 2.52. The minimum absolute atomic E-state index is 0.275. The van der Waals surface area contributed by atoms with E-state index in [0.29, 0.717) is 16.3 Å². The molecule has 0 aliphatic carbocycles. The van der Waals surface area contributed by atoms with E-state index in [-0.39, 0.29) is 5.82 Å². The lowest BCUT2D eigenvalue weighted by Gasteiger charge is -2.00. The van der Waals surface area contributed by atoms with E-state index < -0.39 is 0 Å². The number of rotatable bonds is 2. The number of thioether (sulfide) groups is 1. The van der Waals surface area contributed by atoms with Crippen molar-refractivity contribution in [1.29, 1.82) is 0 Å². The molecule has 1 aromatic carbocycles. The van der Waals surface area contributed by atoms with E-state index in [0.717, 1.165) is 0 Å². The zero-order chi connectivity index (χ0) is 9.68. The van der Waals surface area contributed by atoms with Crippen LogP contribution in [0.3, 0.4) is 0 Å². The van der Waals surface area contributed by atoms with Crippen LogP contribution in [0.15, 0.2) is 23.1 Å². The Bertz CT molecular complexity index is 352. The van der Waals surface area contributed by atoms with Gasteiger partial charge in [-0.25, -0.2) is 4.39 Å². The Morgan fingerprint density at radius 2 is 2.31 bits per heavy atom. The molecule has 0 fully saturated rings. The molecule has 0 aromatic heterocycles. The molecule has 0 saturated heterocycles. The Morgan fingerprint density at radius 1 is 1.54 bits per heavy atom. The molecule has 1 aromatic rings. The number of hydrogen-bond donors (Lipinski definition) is 1. The van der Waals surface area contributed by atoms with Crippen molar-refractivity contribution in [1.82, 2.24) is 0 Å². The summed E-state index contributed by atoms with van der Waals surface area (Å²) in [5.41, 5.74) is 5.85. The van der Waals surface area contributed by atoms with Gasteiger partial charge in [-0.2, -0.15) is 0 Å². The fourth-order valence-corrected chi connectivity index (χ4v) is 1.55. The van der Waals surface area contributed by atoms with E-state index in [2.05, 4.69) is 11.8 Å². The molecule has 0 bridgehead atoms. The largest absolute Gasteiger partial charge is 0.399 e. The molecule has 0 spiro atoms. The van der Waals surface area contributed by atoms with Crippen LogP contribution in [0.4, 0.5) is 10.1 Å². The molecule has 0 aliphatic rings. The van der Waals surface area contributed by atoms with E-state index in [1.165, 1.54) is 17.8 Å². The van der Waals surface area contributed by atoms with Crippen molar-refractivity contribution in [2.24, 2.45) is 0 Å². The Kier molecular flexibility index (Phi) is 3.66. The highest BCUT2D eigenvalue weighted by Gasteiger charge is 2.01. The normalized spacial score (nSPS) is 9.08. The van der Waals surface area contributed by atoms with Crippen molar-refractivity contribution in [3.63, 3.8) is 0 Å². The van der Waals surface area contributed by atoms with E-state index in [4.69, 9.17) is 5.73 Å². The second-order valence-electron chi connectivity index (χ2n) is 2.41. The van der Waals surface area contributed by atoms with Gasteiger partial charge in [-0.05, 0) is 25.1 Å². The van der Waals surface area contributed by atoms with Gasteiger partial charge in [-0.15, -0.1) is 17.7 Å². The van der Waals surface area contributed by atoms with E-state index >= 15 is 0 Å². The van der Waals surface area contributed by atoms with Crippen LogP contribution in [0.1, 0.15) is 6.92 Å². The SMILES string of the molecule is CC#CCSc1ccc(N)cc1F. The first-order valence-corrected chi connectivity index (χ1v) is 4.80. The third kappa shape index (κ3) is 3.00. The lowest BCUT2D eigenvalue weighted by atomic mass is 10.3. The monoisotopic (exact) mass is 195 g/mol. The average Bonchev–Trinajstić information content (AvgIpc) is 2.09. The van der Waals surface area contributed by atoms with Crippen LogP contribution < -0.4 is 5.73 Å². The van der Waals surface area contributed by atoms with Gasteiger partial charge >= 0.3 is 0 Å². The summed E-state index contributed by atoms with van der Waals surface area (Å²) < 4.78 is 13.1. The summed E-state index contributed by atoms with van der Waals surface area (Å²) in [6, 6.07) is 4.68. The first-order valence-electron chi connectivity index (χ1n) is 3.81. The van der Waals surface area contributed by atoms with Gasteiger partial charge in [0.05, 0.1) is 5.75 Å². The fraction of sp³-hybridized carbons (Fsp3) is 0.200. The third-order valence-corrected chi connectivity index (χ3v) is 2.36. The molecule has 2 N–H and O–H groups in total. The Morgan fingerprint density at radius 3 is 2.92 bits per heavy atom. The van der Waals surface area contributed by atoms with Crippen LogP contribution in [-0.2, 0) is 0 Å². The van der Waals surface area contributed by atoms with Crippen LogP contribution in [0.2, 0.25) is 0 Å². The molecular weight excluding hydrogens is 185 g/mol. The lowest BCUT2D eigenvalue weighted by molar-refractivity contribution is 0.603. The van der Waals surface area contributed by atoms with Crippen LogP contribution in [-0.4, -0.2) is 5.75 Å². The van der Waals surface area contributed by atoms with Crippen LogP contribution in [0.5, 0.6) is 0 Å². The fourth-order valence-electron chi connectivity index (χ4n) is 0.820. The topological polar surface area (TPSA) is 26.0 Å². The number of anilines is 1. The second-order valence-corrected chi connectivity index (χ2v) is 3.42. The van der Waals surface area contributed by atoms with Crippen molar-refractivity contribution in [2.75, 3.05) is 11.5 Å². The van der Waals surface area contributed by atoms with Gasteiger partial charge in [0.2, 0.25) is 0 Å². The smallest absolute Gasteiger partial charge is 0.138 e. The summed E-state index contributed by atoms with van der Waals surface area (Å²) in [7, 11) is 0. The summed E-state index contributed by atoms with van der Waals surface area (Å²) >= 11 is 1.38. The molecule has 0 saturated carbocycles. The van der Waals surface area contributed by atoms with E-state index in [9.17, 15) is 4.39 Å². The number of nitrogen functional groups attached to an aromatic ring is 1. The second kappa shape index (κ2) is 4.78. The standard InChI is InChI=1S/C10H10FNS/c1-2-3-6-13-10-5-4-8(12)7-9(10)11/h4-5,7H,6,12H2,1H3. The molecule has 0 amide bonds. The van der Waals surface area contributed by atoms with Crippen molar-refractivity contribution >= 4 is 17.4 Å². The molecule has 0 heterocycles. The number of nitrogens with two attached hydrogens (primary N) is 1. The Hall–Kier alpha value is -1.14. The quantitative estimate of drug-likeness (QED) is 0.446. The molecule has 0 unspecified atom stereocenters. The van der Waals surface area contributed by atoms with Gasteiger partial charge in [0.15, 0.2) is 0 Å². The van der Waals surface area contributed by atoms with Gasteiger partial charge < -0.3 is 5.73 Å². The van der Waals surface area contributed by atoms with E-state index in [1.807, 2.05) is 0 Å². The summed E-state index contributed by atoms with van der Waals surface area (Å²) in [6.45, 7) is 1.76. The molecule has 3 heteroatoms. The minimum Gasteiger partial charge on any atom is -0.399 e. The van der Waals surface area contributed by atoms with Gasteiger partial charge in [0.25, 0.3) is 0 Å². The maximum absolute atomic E-state index is 13.1. The van der Waals surface area contributed by atoms with Crippen LogP contribution in [0, 0.1) is 17.7 Å². The molecule has 0 atom stereocenters. The van der Waals surface area contributed by atoms with Gasteiger partial charge in [-0.1, -0.05) is 5.92 Å². The summed E-state index contributed by atoms with van der Waals surface area (Å²) in [6.07, 6.45) is 0. The molecule has 68 valence electrons. The minimum atomic E-state index is -0.275. The molecule has 0 radical (unpaired) electrons.